The van der Waals surface area contributed by atoms with Crippen molar-refractivity contribution in [1.29, 1.82) is 0 Å². The molecular formula is C9H17F3O. The van der Waals surface area contributed by atoms with Gasteiger partial charge in [-0.25, -0.2) is 0 Å². The van der Waals surface area contributed by atoms with E-state index in [1.54, 1.807) is 0 Å². The van der Waals surface area contributed by atoms with Crippen LogP contribution in [0.3, 0.4) is 0 Å². The fourth-order valence-corrected chi connectivity index (χ4v) is 1.20. The minimum atomic E-state index is -4.48. The molecular weight excluding hydrogens is 181 g/mol. The van der Waals surface area contributed by atoms with Crippen LogP contribution in [0.1, 0.15) is 46.0 Å². The van der Waals surface area contributed by atoms with Crippen LogP contribution in [0.4, 0.5) is 13.2 Å². The quantitative estimate of drug-likeness (QED) is 0.629. The second kappa shape index (κ2) is 6.24. The summed E-state index contributed by atoms with van der Waals surface area (Å²) in [5, 5.41) is 0. The van der Waals surface area contributed by atoms with E-state index in [1.807, 2.05) is 13.8 Å². The summed E-state index contributed by atoms with van der Waals surface area (Å²) in [6.45, 7) is 3.81. The Balaban J connectivity index is 3.79. The van der Waals surface area contributed by atoms with Crippen LogP contribution in [0.25, 0.3) is 0 Å². The highest BCUT2D eigenvalue weighted by atomic mass is 19.4. The summed E-state index contributed by atoms with van der Waals surface area (Å²) in [6, 6.07) is 0. The Labute approximate surface area is 77.3 Å². The third kappa shape index (κ3) is 8.09. The minimum Gasteiger partial charge on any atom is -0.289 e. The standard InChI is InChI=1S/C9H17F3O/c1-3-5-7-8(6-4-2)13-9(10,11)12/h8H,3-7H2,1-2H3. The summed E-state index contributed by atoms with van der Waals surface area (Å²) in [6.07, 6.45) is -1.71. The average molecular weight is 198 g/mol. The van der Waals surface area contributed by atoms with Gasteiger partial charge < -0.3 is 0 Å². The summed E-state index contributed by atoms with van der Waals surface area (Å²) in [5.41, 5.74) is 0. The average Bonchev–Trinajstić information content (AvgIpc) is 1.98. The van der Waals surface area contributed by atoms with E-state index >= 15 is 0 Å². The molecule has 13 heavy (non-hydrogen) atoms. The van der Waals surface area contributed by atoms with Crippen LogP contribution >= 0.6 is 0 Å². The molecule has 80 valence electrons. The van der Waals surface area contributed by atoms with Crippen LogP contribution in [0, 0.1) is 0 Å². The fourth-order valence-electron chi connectivity index (χ4n) is 1.20. The number of unbranched alkanes of at least 4 members (excludes halogenated alkanes) is 1. The largest absolute Gasteiger partial charge is 0.522 e. The van der Waals surface area contributed by atoms with Crippen LogP contribution in [-0.4, -0.2) is 12.5 Å². The third-order valence-electron chi connectivity index (χ3n) is 1.79. The molecule has 0 aliphatic carbocycles. The van der Waals surface area contributed by atoms with Crippen molar-refractivity contribution >= 4 is 0 Å². The molecule has 0 heterocycles. The van der Waals surface area contributed by atoms with Crippen LogP contribution in [-0.2, 0) is 4.74 Å². The van der Waals surface area contributed by atoms with Crippen molar-refractivity contribution in [3.8, 4) is 0 Å². The van der Waals surface area contributed by atoms with Gasteiger partial charge in [-0.2, -0.15) is 0 Å². The Bertz CT molecular complexity index is 123. The lowest BCUT2D eigenvalue weighted by molar-refractivity contribution is -0.344. The van der Waals surface area contributed by atoms with E-state index in [0.717, 1.165) is 19.3 Å². The summed E-state index contributed by atoms with van der Waals surface area (Å²) >= 11 is 0. The van der Waals surface area contributed by atoms with Gasteiger partial charge in [-0.1, -0.05) is 33.1 Å². The van der Waals surface area contributed by atoms with Gasteiger partial charge in [-0.15, -0.1) is 13.2 Å². The second-order valence-electron chi connectivity index (χ2n) is 3.12. The van der Waals surface area contributed by atoms with Gasteiger partial charge in [0.25, 0.3) is 0 Å². The van der Waals surface area contributed by atoms with Crippen molar-refractivity contribution < 1.29 is 17.9 Å². The Kier molecular flexibility index (Phi) is 6.12. The minimum absolute atomic E-state index is 0.486. The predicted molar refractivity (Wildman–Crippen MR) is 45.4 cm³/mol. The van der Waals surface area contributed by atoms with Crippen LogP contribution in [0.15, 0.2) is 0 Å². The normalized spacial score (nSPS) is 14.5. The molecule has 0 aliphatic heterocycles. The number of hydrogen-bond donors (Lipinski definition) is 0. The maximum absolute atomic E-state index is 11.8. The molecule has 0 N–H and O–H groups in total. The van der Waals surface area contributed by atoms with Crippen LogP contribution in [0.5, 0.6) is 0 Å². The molecule has 1 atom stereocenters. The lowest BCUT2D eigenvalue weighted by Crippen LogP contribution is -2.23. The molecule has 0 fully saturated rings. The van der Waals surface area contributed by atoms with Gasteiger partial charge in [0.1, 0.15) is 0 Å². The topological polar surface area (TPSA) is 9.23 Å². The summed E-state index contributed by atoms with van der Waals surface area (Å²) in [4.78, 5) is 0. The van der Waals surface area contributed by atoms with Crippen molar-refractivity contribution in [2.75, 3.05) is 0 Å². The van der Waals surface area contributed by atoms with Gasteiger partial charge in [-0.3, -0.25) is 4.74 Å². The van der Waals surface area contributed by atoms with Crippen molar-refractivity contribution in [2.24, 2.45) is 0 Å². The van der Waals surface area contributed by atoms with Crippen molar-refractivity contribution in [3.63, 3.8) is 0 Å². The van der Waals surface area contributed by atoms with Gasteiger partial charge in [0.15, 0.2) is 0 Å². The summed E-state index contributed by atoms with van der Waals surface area (Å²) < 4.78 is 39.5. The monoisotopic (exact) mass is 198 g/mol. The van der Waals surface area contributed by atoms with Crippen molar-refractivity contribution in [1.82, 2.24) is 0 Å². The fraction of sp³-hybridized carbons (Fsp3) is 1.00. The number of alkyl halides is 3. The first-order chi connectivity index (χ1) is 5.99. The van der Waals surface area contributed by atoms with E-state index < -0.39 is 12.5 Å². The zero-order valence-electron chi connectivity index (χ0n) is 8.16. The second-order valence-corrected chi connectivity index (χ2v) is 3.12. The smallest absolute Gasteiger partial charge is 0.289 e. The Morgan fingerprint density at radius 3 is 2.08 bits per heavy atom. The molecule has 0 amide bonds. The highest BCUT2D eigenvalue weighted by Gasteiger charge is 2.32. The molecule has 1 nitrogen and oxygen atoms in total. The number of hydrogen-bond acceptors (Lipinski definition) is 1. The number of halogens is 3. The molecule has 0 aromatic carbocycles. The van der Waals surface area contributed by atoms with Crippen molar-refractivity contribution in [3.05, 3.63) is 0 Å². The van der Waals surface area contributed by atoms with E-state index in [9.17, 15) is 13.2 Å². The molecule has 0 bridgehead atoms. The maximum Gasteiger partial charge on any atom is 0.522 e. The molecule has 0 spiro atoms. The maximum atomic E-state index is 11.8. The highest BCUT2D eigenvalue weighted by molar-refractivity contribution is 4.57. The van der Waals surface area contributed by atoms with Gasteiger partial charge in [0, 0.05) is 0 Å². The molecule has 0 aromatic rings. The predicted octanol–water partition coefficient (Wildman–Crippen LogP) is 3.88. The van der Waals surface area contributed by atoms with Crippen LogP contribution < -0.4 is 0 Å². The molecule has 1 unspecified atom stereocenters. The Hall–Kier alpha value is -0.250. The molecule has 0 rings (SSSR count). The Morgan fingerprint density at radius 2 is 1.69 bits per heavy atom. The van der Waals surface area contributed by atoms with E-state index in [1.165, 1.54) is 0 Å². The van der Waals surface area contributed by atoms with Gasteiger partial charge in [0.2, 0.25) is 0 Å². The number of rotatable bonds is 6. The summed E-state index contributed by atoms with van der Waals surface area (Å²) in [7, 11) is 0. The molecule has 4 heteroatoms. The lowest BCUT2D eigenvalue weighted by Gasteiger charge is -2.18. The first-order valence-corrected chi connectivity index (χ1v) is 4.74. The molecule has 0 saturated heterocycles. The van der Waals surface area contributed by atoms with E-state index in [-0.39, 0.29) is 0 Å². The van der Waals surface area contributed by atoms with Gasteiger partial charge in [-0.05, 0) is 12.8 Å². The lowest BCUT2D eigenvalue weighted by atomic mass is 10.1. The van der Waals surface area contributed by atoms with E-state index in [4.69, 9.17) is 0 Å². The van der Waals surface area contributed by atoms with Gasteiger partial charge >= 0.3 is 6.36 Å². The number of ether oxygens (including phenoxy) is 1. The Morgan fingerprint density at radius 1 is 1.08 bits per heavy atom. The SMILES string of the molecule is CCCCC(CCC)OC(F)(F)F. The third-order valence-corrected chi connectivity index (χ3v) is 1.79. The first-order valence-electron chi connectivity index (χ1n) is 4.74. The molecule has 0 aromatic heterocycles. The zero-order chi connectivity index (χ0) is 10.3. The van der Waals surface area contributed by atoms with E-state index in [0.29, 0.717) is 12.8 Å². The first kappa shape index (κ1) is 12.8. The zero-order valence-corrected chi connectivity index (χ0v) is 8.16. The van der Waals surface area contributed by atoms with Crippen LogP contribution in [0.2, 0.25) is 0 Å². The molecule has 0 aliphatic rings. The molecule has 0 radical (unpaired) electrons. The van der Waals surface area contributed by atoms with E-state index in [2.05, 4.69) is 4.74 Å². The summed E-state index contributed by atoms with van der Waals surface area (Å²) in [5.74, 6) is 0. The highest BCUT2D eigenvalue weighted by Crippen LogP contribution is 2.23. The van der Waals surface area contributed by atoms with Gasteiger partial charge in [0.05, 0.1) is 6.10 Å². The molecule has 0 saturated carbocycles. The van der Waals surface area contributed by atoms with Crippen molar-refractivity contribution in [2.45, 2.75) is 58.4 Å².